The molecular formula is C13H24N2S. The number of likely N-dealkylation sites (N-methyl/N-ethyl adjacent to an activating group) is 1. The number of nitrogens with zero attached hydrogens (tertiary/aromatic N) is 2. The molecule has 16 heavy (non-hydrogen) atoms. The average Bonchev–Trinajstić information content (AvgIpc) is 2.75. The van der Waals surface area contributed by atoms with E-state index in [1.165, 1.54) is 37.5 Å². The minimum Gasteiger partial charge on any atom is -0.304 e. The van der Waals surface area contributed by atoms with Crippen molar-refractivity contribution in [2.24, 2.45) is 0 Å². The quantitative estimate of drug-likeness (QED) is 0.784. The van der Waals surface area contributed by atoms with Crippen molar-refractivity contribution >= 4 is 11.3 Å². The molecule has 3 heteroatoms. The Bertz CT molecular complexity index is 251. The molecular weight excluding hydrogens is 216 g/mol. The van der Waals surface area contributed by atoms with Crippen LogP contribution in [0.3, 0.4) is 0 Å². The van der Waals surface area contributed by atoms with Gasteiger partial charge in [0.05, 0.1) is 0 Å². The molecule has 0 bridgehead atoms. The maximum atomic E-state index is 2.53. The molecule has 0 unspecified atom stereocenters. The topological polar surface area (TPSA) is 6.48 Å². The van der Waals surface area contributed by atoms with Crippen LogP contribution in [-0.2, 0) is 6.54 Å². The molecule has 0 N–H and O–H groups in total. The molecule has 0 amide bonds. The van der Waals surface area contributed by atoms with E-state index in [-0.39, 0.29) is 0 Å². The lowest BCUT2D eigenvalue weighted by atomic mass is 10.3. The second kappa shape index (κ2) is 7.82. The number of rotatable bonds is 2. The molecule has 2 rings (SSSR count). The van der Waals surface area contributed by atoms with E-state index in [4.69, 9.17) is 0 Å². The van der Waals surface area contributed by atoms with Crippen molar-refractivity contribution in [1.29, 1.82) is 0 Å². The first-order chi connectivity index (χ1) is 7.76. The summed E-state index contributed by atoms with van der Waals surface area (Å²) in [5.74, 6) is 0. The predicted octanol–water partition coefficient (Wildman–Crippen LogP) is 2.91. The molecule has 1 aromatic heterocycles. The molecule has 1 fully saturated rings. The molecule has 1 aliphatic rings. The normalized spacial score (nSPS) is 17.9. The van der Waals surface area contributed by atoms with Crippen molar-refractivity contribution in [1.82, 2.24) is 9.80 Å². The van der Waals surface area contributed by atoms with Gasteiger partial charge in [-0.2, -0.15) is 0 Å². The number of hydrogen-bond donors (Lipinski definition) is 0. The Morgan fingerprint density at radius 3 is 2.31 bits per heavy atom. The van der Waals surface area contributed by atoms with Gasteiger partial charge in [0, 0.05) is 37.6 Å². The van der Waals surface area contributed by atoms with Gasteiger partial charge in [-0.1, -0.05) is 26.3 Å². The zero-order valence-electron chi connectivity index (χ0n) is 10.8. The molecule has 0 radical (unpaired) electrons. The average molecular weight is 240 g/mol. The summed E-state index contributed by atoms with van der Waals surface area (Å²) < 4.78 is 0. The third-order valence-electron chi connectivity index (χ3n) is 2.56. The van der Waals surface area contributed by atoms with Crippen LogP contribution in [-0.4, -0.2) is 43.0 Å². The van der Waals surface area contributed by atoms with Gasteiger partial charge in [0.2, 0.25) is 0 Å². The number of hydrogen-bond acceptors (Lipinski definition) is 3. The van der Waals surface area contributed by atoms with Crippen LogP contribution in [0.4, 0.5) is 0 Å². The van der Waals surface area contributed by atoms with Crippen molar-refractivity contribution in [3.63, 3.8) is 0 Å². The van der Waals surface area contributed by atoms with E-state index in [1.54, 1.807) is 0 Å². The fraction of sp³-hybridized carbons (Fsp3) is 0.692. The second-order valence-corrected chi connectivity index (χ2v) is 5.40. The summed E-state index contributed by atoms with van der Waals surface area (Å²) in [6, 6.07) is 4.36. The Labute approximate surface area is 104 Å². The molecule has 0 aliphatic carbocycles. The van der Waals surface area contributed by atoms with Gasteiger partial charge < -0.3 is 4.90 Å². The lowest BCUT2D eigenvalue weighted by Crippen LogP contribution is -2.43. The standard InChI is InChI=1S/C10H16N2S.C3H8/c1-11-4-6-12(7-5-11)9-10-3-2-8-13-10;1-3-2/h2-3,8H,4-7,9H2,1H3;3H2,1-2H3. The van der Waals surface area contributed by atoms with Crippen LogP contribution in [0, 0.1) is 0 Å². The van der Waals surface area contributed by atoms with Gasteiger partial charge in [-0.25, -0.2) is 0 Å². The molecule has 92 valence electrons. The molecule has 2 nitrogen and oxygen atoms in total. The van der Waals surface area contributed by atoms with Gasteiger partial charge in [-0.05, 0) is 18.5 Å². The third-order valence-corrected chi connectivity index (χ3v) is 3.42. The van der Waals surface area contributed by atoms with Crippen LogP contribution in [0.1, 0.15) is 25.1 Å². The second-order valence-electron chi connectivity index (χ2n) is 4.37. The van der Waals surface area contributed by atoms with Gasteiger partial charge in [0.15, 0.2) is 0 Å². The molecule has 0 aromatic carbocycles. The van der Waals surface area contributed by atoms with Crippen LogP contribution in [0.2, 0.25) is 0 Å². The summed E-state index contributed by atoms with van der Waals surface area (Å²) in [6.07, 6.45) is 1.25. The lowest BCUT2D eigenvalue weighted by Gasteiger charge is -2.31. The molecule has 2 heterocycles. The highest BCUT2D eigenvalue weighted by molar-refractivity contribution is 7.09. The van der Waals surface area contributed by atoms with Crippen LogP contribution < -0.4 is 0 Å². The number of thiophene rings is 1. The van der Waals surface area contributed by atoms with Crippen LogP contribution in [0.5, 0.6) is 0 Å². The molecule has 0 saturated carbocycles. The molecule has 1 aliphatic heterocycles. The first-order valence-corrected chi connectivity index (χ1v) is 7.07. The van der Waals surface area contributed by atoms with E-state index in [0.717, 1.165) is 6.54 Å². The van der Waals surface area contributed by atoms with Gasteiger partial charge >= 0.3 is 0 Å². The SMILES string of the molecule is CCC.CN1CCN(Cc2cccs2)CC1. The fourth-order valence-corrected chi connectivity index (χ4v) is 2.38. The fourth-order valence-electron chi connectivity index (χ4n) is 1.63. The Hall–Kier alpha value is -0.380. The van der Waals surface area contributed by atoms with E-state index >= 15 is 0 Å². The van der Waals surface area contributed by atoms with Crippen LogP contribution >= 0.6 is 11.3 Å². The zero-order chi connectivity index (χ0) is 11.8. The first kappa shape index (κ1) is 13.7. The maximum Gasteiger partial charge on any atom is 0.0328 e. The third kappa shape index (κ3) is 5.10. The monoisotopic (exact) mass is 240 g/mol. The Balaban J connectivity index is 0.000000386. The highest BCUT2D eigenvalue weighted by Gasteiger charge is 2.13. The van der Waals surface area contributed by atoms with Gasteiger partial charge in [0.25, 0.3) is 0 Å². The van der Waals surface area contributed by atoms with E-state index in [0.29, 0.717) is 0 Å². The van der Waals surface area contributed by atoms with Gasteiger partial charge in [-0.3, -0.25) is 4.90 Å². The van der Waals surface area contributed by atoms with Crippen molar-refractivity contribution in [3.05, 3.63) is 22.4 Å². The van der Waals surface area contributed by atoms with Gasteiger partial charge in [-0.15, -0.1) is 11.3 Å². The van der Waals surface area contributed by atoms with E-state index in [9.17, 15) is 0 Å². The number of piperazine rings is 1. The predicted molar refractivity (Wildman–Crippen MR) is 73.1 cm³/mol. The first-order valence-electron chi connectivity index (χ1n) is 6.19. The summed E-state index contributed by atoms with van der Waals surface area (Å²) in [6.45, 7) is 10.3. The Morgan fingerprint density at radius 1 is 1.19 bits per heavy atom. The summed E-state index contributed by atoms with van der Waals surface area (Å²) in [7, 11) is 2.20. The maximum absolute atomic E-state index is 2.53. The summed E-state index contributed by atoms with van der Waals surface area (Å²) in [5, 5.41) is 2.16. The highest BCUT2D eigenvalue weighted by Crippen LogP contribution is 2.12. The molecule has 1 aromatic rings. The Kier molecular flexibility index (Phi) is 6.69. The van der Waals surface area contributed by atoms with Crippen molar-refractivity contribution in [2.45, 2.75) is 26.8 Å². The Morgan fingerprint density at radius 2 is 1.81 bits per heavy atom. The van der Waals surface area contributed by atoms with Crippen molar-refractivity contribution in [3.8, 4) is 0 Å². The summed E-state index contributed by atoms with van der Waals surface area (Å²) in [4.78, 5) is 6.42. The minimum absolute atomic E-state index is 1.14. The largest absolute Gasteiger partial charge is 0.304 e. The van der Waals surface area contributed by atoms with Crippen LogP contribution in [0.25, 0.3) is 0 Å². The van der Waals surface area contributed by atoms with Crippen LogP contribution in [0.15, 0.2) is 17.5 Å². The van der Waals surface area contributed by atoms with Crippen molar-refractivity contribution < 1.29 is 0 Å². The zero-order valence-corrected chi connectivity index (χ0v) is 11.6. The minimum atomic E-state index is 1.14. The lowest BCUT2D eigenvalue weighted by molar-refractivity contribution is 0.149. The molecule has 1 saturated heterocycles. The van der Waals surface area contributed by atoms with Gasteiger partial charge in [0.1, 0.15) is 0 Å². The molecule has 0 atom stereocenters. The van der Waals surface area contributed by atoms with E-state index in [1.807, 2.05) is 11.3 Å². The van der Waals surface area contributed by atoms with E-state index < -0.39 is 0 Å². The summed E-state index contributed by atoms with van der Waals surface area (Å²) >= 11 is 1.86. The van der Waals surface area contributed by atoms with E-state index in [2.05, 4.69) is 48.2 Å². The highest BCUT2D eigenvalue weighted by atomic mass is 32.1. The summed E-state index contributed by atoms with van der Waals surface area (Å²) in [5.41, 5.74) is 0. The molecule has 0 spiro atoms. The smallest absolute Gasteiger partial charge is 0.0328 e. The van der Waals surface area contributed by atoms with Crippen molar-refractivity contribution in [2.75, 3.05) is 33.2 Å².